The Morgan fingerprint density at radius 1 is 0.955 bits per heavy atom. The predicted octanol–water partition coefficient (Wildman–Crippen LogP) is 3.63. The average Bonchev–Trinajstić information content (AvgIpc) is 2.56. The minimum Gasteiger partial charge on any atom is -0.477 e. The number of benzene rings is 1. The van der Waals surface area contributed by atoms with E-state index in [-0.39, 0.29) is 11.3 Å². The fraction of sp³-hybridized carbons (Fsp3) is 0. The maximum Gasteiger partial charge on any atom is 0.341 e. The van der Waals surface area contributed by atoms with Crippen molar-refractivity contribution in [2.24, 2.45) is 0 Å². The second kappa shape index (κ2) is 6.05. The first kappa shape index (κ1) is 13.8. The molecule has 1 N–H and O–H groups in total. The Morgan fingerprint density at radius 2 is 1.73 bits per heavy atom. The van der Waals surface area contributed by atoms with Crippen LogP contribution in [0.1, 0.15) is 10.4 Å². The molecule has 0 atom stereocenters. The van der Waals surface area contributed by atoms with Crippen molar-refractivity contribution in [3.8, 4) is 22.9 Å². The predicted molar refractivity (Wildman–Crippen MR) is 80.9 cm³/mol. The summed E-state index contributed by atoms with van der Waals surface area (Å²) < 4.78 is 5.68. The van der Waals surface area contributed by atoms with Crippen molar-refractivity contribution in [3.05, 3.63) is 72.6 Å². The standard InChI is InChI=1S/C17H12N2O3/c20-17(21)13-11-19-15(14-8-4-5-9-18-14)10-16(13)22-12-6-2-1-3-7-12/h1-11H,(H,20,21). The van der Waals surface area contributed by atoms with Gasteiger partial charge in [-0.1, -0.05) is 24.3 Å². The molecule has 0 aliphatic rings. The normalized spacial score (nSPS) is 10.2. The number of aromatic carboxylic acids is 1. The number of nitrogens with zero attached hydrogens (tertiary/aromatic N) is 2. The summed E-state index contributed by atoms with van der Waals surface area (Å²) in [7, 11) is 0. The number of carboxylic acid groups (broad SMARTS) is 1. The quantitative estimate of drug-likeness (QED) is 0.795. The Balaban J connectivity index is 2.03. The van der Waals surface area contributed by atoms with E-state index < -0.39 is 5.97 Å². The average molecular weight is 292 g/mol. The number of hydrogen-bond acceptors (Lipinski definition) is 4. The fourth-order valence-corrected chi connectivity index (χ4v) is 1.95. The molecule has 5 nitrogen and oxygen atoms in total. The molecule has 0 bridgehead atoms. The van der Waals surface area contributed by atoms with Gasteiger partial charge in [-0.15, -0.1) is 0 Å². The highest BCUT2D eigenvalue weighted by molar-refractivity contribution is 5.91. The zero-order valence-corrected chi connectivity index (χ0v) is 11.5. The van der Waals surface area contributed by atoms with Gasteiger partial charge in [0, 0.05) is 18.5 Å². The van der Waals surface area contributed by atoms with Gasteiger partial charge < -0.3 is 9.84 Å². The van der Waals surface area contributed by atoms with Crippen LogP contribution >= 0.6 is 0 Å². The van der Waals surface area contributed by atoms with Gasteiger partial charge in [-0.05, 0) is 24.3 Å². The molecule has 0 saturated carbocycles. The molecular weight excluding hydrogens is 280 g/mol. The van der Waals surface area contributed by atoms with Crippen LogP contribution in [0.15, 0.2) is 67.0 Å². The second-order valence-electron chi connectivity index (χ2n) is 4.50. The van der Waals surface area contributed by atoms with Crippen LogP contribution < -0.4 is 4.74 Å². The molecule has 0 aliphatic carbocycles. The number of rotatable bonds is 4. The van der Waals surface area contributed by atoms with E-state index in [9.17, 15) is 9.90 Å². The topological polar surface area (TPSA) is 72.3 Å². The number of hydrogen-bond donors (Lipinski definition) is 1. The molecule has 0 spiro atoms. The molecule has 0 radical (unpaired) electrons. The van der Waals surface area contributed by atoms with Gasteiger partial charge >= 0.3 is 5.97 Å². The summed E-state index contributed by atoms with van der Waals surface area (Å²) >= 11 is 0. The molecule has 108 valence electrons. The Kier molecular flexibility index (Phi) is 3.78. The number of ether oxygens (including phenoxy) is 1. The summed E-state index contributed by atoms with van der Waals surface area (Å²) in [4.78, 5) is 19.7. The molecule has 22 heavy (non-hydrogen) atoms. The molecule has 0 amide bonds. The summed E-state index contributed by atoms with van der Waals surface area (Å²) in [5.74, 6) is -0.302. The summed E-state index contributed by atoms with van der Waals surface area (Å²) in [6, 6.07) is 16.0. The molecule has 2 heterocycles. The van der Waals surface area contributed by atoms with Crippen LogP contribution in [0.4, 0.5) is 0 Å². The van der Waals surface area contributed by atoms with Gasteiger partial charge in [0.1, 0.15) is 17.1 Å². The van der Waals surface area contributed by atoms with Crippen LogP contribution in [-0.2, 0) is 0 Å². The van der Waals surface area contributed by atoms with Crippen LogP contribution in [0.5, 0.6) is 11.5 Å². The monoisotopic (exact) mass is 292 g/mol. The van der Waals surface area contributed by atoms with E-state index in [4.69, 9.17) is 4.74 Å². The van der Waals surface area contributed by atoms with Crippen LogP contribution in [-0.4, -0.2) is 21.0 Å². The lowest BCUT2D eigenvalue weighted by atomic mass is 10.2. The molecule has 0 unspecified atom stereocenters. The van der Waals surface area contributed by atoms with E-state index in [1.165, 1.54) is 6.20 Å². The van der Waals surface area contributed by atoms with Crippen LogP contribution in [0.2, 0.25) is 0 Å². The lowest BCUT2D eigenvalue weighted by molar-refractivity contribution is 0.0693. The third-order valence-electron chi connectivity index (χ3n) is 2.99. The lowest BCUT2D eigenvalue weighted by Gasteiger charge is -2.10. The van der Waals surface area contributed by atoms with Crippen molar-refractivity contribution < 1.29 is 14.6 Å². The lowest BCUT2D eigenvalue weighted by Crippen LogP contribution is -2.02. The summed E-state index contributed by atoms with van der Waals surface area (Å²) in [6.45, 7) is 0. The van der Waals surface area contributed by atoms with Gasteiger partial charge in [-0.25, -0.2) is 4.79 Å². The zero-order chi connectivity index (χ0) is 15.4. The Bertz CT molecular complexity index is 790. The molecule has 0 fully saturated rings. The van der Waals surface area contributed by atoms with Gasteiger partial charge in [-0.2, -0.15) is 0 Å². The first-order valence-corrected chi connectivity index (χ1v) is 6.61. The van der Waals surface area contributed by atoms with E-state index in [1.54, 1.807) is 36.5 Å². The molecule has 2 aromatic heterocycles. The van der Waals surface area contributed by atoms with Crippen molar-refractivity contribution in [1.82, 2.24) is 9.97 Å². The Hall–Kier alpha value is -3.21. The molecule has 3 rings (SSSR count). The van der Waals surface area contributed by atoms with Gasteiger partial charge in [0.25, 0.3) is 0 Å². The highest BCUT2D eigenvalue weighted by Gasteiger charge is 2.15. The van der Waals surface area contributed by atoms with Gasteiger partial charge in [0.05, 0.1) is 11.4 Å². The second-order valence-corrected chi connectivity index (χ2v) is 4.50. The van der Waals surface area contributed by atoms with E-state index in [0.29, 0.717) is 17.1 Å². The Morgan fingerprint density at radius 3 is 2.41 bits per heavy atom. The van der Waals surface area contributed by atoms with Gasteiger partial charge in [-0.3, -0.25) is 9.97 Å². The third-order valence-corrected chi connectivity index (χ3v) is 2.99. The molecule has 0 aliphatic heterocycles. The minimum absolute atomic E-state index is 0.00327. The van der Waals surface area contributed by atoms with Crippen molar-refractivity contribution in [2.45, 2.75) is 0 Å². The van der Waals surface area contributed by atoms with Crippen LogP contribution in [0, 0.1) is 0 Å². The molecule has 5 heteroatoms. The SMILES string of the molecule is O=C(O)c1cnc(-c2ccccn2)cc1Oc1ccccc1. The van der Waals surface area contributed by atoms with E-state index in [2.05, 4.69) is 9.97 Å². The first-order valence-electron chi connectivity index (χ1n) is 6.61. The van der Waals surface area contributed by atoms with E-state index in [1.807, 2.05) is 24.3 Å². The van der Waals surface area contributed by atoms with Crippen molar-refractivity contribution in [2.75, 3.05) is 0 Å². The maximum absolute atomic E-state index is 11.3. The molecule has 1 aromatic carbocycles. The number of pyridine rings is 2. The Labute approximate surface area is 126 Å². The van der Waals surface area contributed by atoms with Crippen molar-refractivity contribution >= 4 is 5.97 Å². The van der Waals surface area contributed by atoms with Gasteiger partial charge in [0.15, 0.2) is 0 Å². The maximum atomic E-state index is 11.3. The summed E-state index contributed by atoms with van der Waals surface area (Å²) in [6.07, 6.45) is 2.93. The zero-order valence-electron chi connectivity index (χ0n) is 11.5. The number of carbonyl (C=O) groups is 1. The van der Waals surface area contributed by atoms with Crippen molar-refractivity contribution in [1.29, 1.82) is 0 Å². The molecular formula is C17H12N2O3. The van der Waals surface area contributed by atoms with Crippen LogP contribution in [0.25, 0.3) is 11.4 Å². The summed E-state index contributed by atoms with van der Waals surface area (Å²) in [5.41, 5.74) is 1.21. The fourth-order valence-electron chi connectivity index (χ4n) is 1.95. The number of aromatic nitrogens is 2. The highest BCUT2D eigenvalue weighted by atomic mass is 16.5. The first-order chi connectivity index (χ1) is 10.7. The third kappa shape index (κ3) is 2.93. The number of para-hydroxylation sites is 1. The van der Waals surface area contributed by atoms with Crippen LogP contribution in [0.3, 0.4) is 0 Å². The highest BCUT2D eigenvalue weighted by Crippen LogP contribution is 2.28. The van der Waals surface area contributed by atoms with Gasteiger partial charge in [0.2, 0.25) is 0 Å². The van der Waals surface area contributed by atoms with E-state index in [0.717, 1.165) is 0 Å². The smallest absolute Gasteiger partial charge is 0.341 e. The largest absolute Gasteiger partial charge is 0.477 e. The summed E-state index contributed by atoms with van der Waals surface area (Å²) in [5, 5.41) is 9.27. The molecule has 0 saturated heterocycles. The molecule has 3 aromatic rings. The van der Waals surface area contributed by atoms with E-state index >= 15 is 0 Å². The minimum atomic E-state index is -1.09. The number of carboxylic acids is 1. The van der Waals surface area contributed by atoms with Crippen molar-refractivity contribution in [3.63, 3.8) is 0 Å².